The Morgan fingerprint density at radius 3 is 2.27 bits per heavy atom. The van der Waals surface area contributed by atoms with E-state index in [1.165, 1.54) is 0 Å². The first-order valence-electron chi connectivity index (χ1n) is 4.66. The average molecular weight is 213 g/mol. The van der Waals surface area contributed by atoms with Gasteiger partial charge >= 0.3 is 0 Å². The van der Waals surface area contributed by atoms with Crippen molar-refractivity contribution in [1.29, 1.82) is 0 Å². The third-order valence-electron chi connectivity index (χ3n) is 1.86. The number of aryl methyl sites for hydroxylation is 1. The van der Waals surface area contributed by atoms with E-state index < -0.39 is 6.10 Å². The summed E-state index contributed by atoms with van der Waals surface area (Å²) < 4.78 is 0. The van der Waals surface area contributed by atoms with Crippen molar-refractivity contribution in [2.45, 2.75) is 25.4 Å². The van der Waals surface area contributed by atoms with E-state index >= 15 is 0 Å². The largest absolute Gasteiger partial charge is 0.394 e. The number of aliphatic hydroxyl groups excluding tert-OH is 2. The highest BCUT2D eigenvalue weighted by atomic mass is 16.3. The number of nitrogen functional groups attached to an aromatic ring is 2. The fourth-order valence-corrected chi connectivity index (χ4v) is 1.16. The van der Waals surface area contributed by atoms with Gasteiger partial charge < -0.3 is 21.7 Å². The van der Waals surface area contributed by atoms with Crippen LogP contribution in [0, 0.1) is 0 Å². The van der Waals surface area contributed by atoms with Gasteiger partial charge in [-0.3, -0.25) is 0 Å². The molecule has 7 heteroatoms. The van der Waals surface area contributed by atoms with Gasteiger partial charge in [0.15, 0.2) is 0 Å². The average Bonchev–Trinajstić information content (AvgIpc) is 2.16. The smallest absolute Gasteiger partial charge is 0.225 e. The Morgan fingerprint density at radius 2 is 1.73 bits per heavy atom. The lowest BCUT2D eigenvalue weighted by molar-refractivity contribution is 0.0866. The molecule has 0 amide bonds. The fraction of sp³-hybridized carbons (Fsp3) is 0.625. The Kier molecular flexibility index (Phi) is 4.19. The summed E-state index contributed by atoms with van der Waals surface area (Å²) in [6, 6.07) is 0. The van der Waals surface area contributed by atoms with Crippen LogP contribution in [0.2, 0.25) is 0 Å². The van der Waals surface area contributed by atoms with Crippen molar-refractivity contribution < 1.29 is 10.2 Å². The van der Waals surface area contributed by atoms with Gasteiger partial charge in [-0.2, -0.15) is 15.0 Å². The van der Waals surface area contributed by atoms with Crippen LogP contribution in [0.15, 0.2) is 0 Å². The molecular formula is C8H15N5O2. The number of hydrogen-bond acceptors (Lipinski definition) is 7. The minimum Gasteiger partial charge on any atom is -0.394 e. The maximum atomic E-state index is 9.09. The molecule has 1 unspecified atom stereocenters. The van der Waals surface area contributed by atoms with Crippen LogP contribution in [-0.4, -0.2) is 37.9 Å². The van der Waals surface area contributed by atoms with Crippen molar-refractivity contribution in [1.82, 2.24) is 15.0 Å². The van der Waals surface area contributed by atoms with Crippen molar-refractivity contribution in [3.8, 4) is 0 Å². The van der Waals surface area contributed by atoms with E-state index in [0.717, 1.165) is 0 Å². The zero-order valence-corrected chi connectivity index (χ0v) is 8.30. The molecule has 0 saturated carbocycles. The lowest BCUT2D eigenvalue weighted by atomic mass is 10.1. The molecule has 1 heterocycles. The second-order valence-corrected chi connectivity index (χ2v) is 3.20. The molecule has 0 aromatic carbocycles. The van der Waals surface area contributed by atoms with Crippen LogP contribution < -0.4 is 11.5 Å². The number of rotatable bonds is 5. The van der Waals surface area contributed by atoms with Gasteiger partial charge in [0.25, 0.3) is 0 Å². The van der Waals surface area contributed by atoms with E-state index in [9.17, 15) is 0 Å². The van der Waals surface area contributed by atoms with Crippen LogP contribution >= 0.6 is 0 Å². The van der Waals surface area contributed by atoms with Crippen molar-refractivity contribution in [2.24, 2.45) is 0 Å². The summed E-state index contributed by atoms with van der Waals surface area (Å²) in [6.45, 7) is -0.235. The van der Waals surface area contributed by atoms with Gasteiger partial charge in [-0.1, -0.05) is 0 Å². The highest BCUT2D eigenvalue weighted by Gasteiger charge is 2.05. The van der Waals surface area contributed by atoms with E-state index in [1.807, 2.05) is 0 Å². The Morgan fingerprint density at radius 1 is 1.13 bits per heavy atom. The molecule has 6 N–H and O–H groups in total. The van der Waals surface area contributed by atoms with E-state index in [-0.39, 0.29) is 18.5 Å². The van der Waals surface area contributed by atoms with E-state index in [1.54, 1.807) is 0 Å². The predicted molar refractivity (Wildman–Crippen MR) is 54.7 cm³/mol. The minimum atomic E-state index is -0.693. The lowest BCUT2D eigenvalue weighted by Crippen LogP contribution is -2.12. The Bertz CT molecular complexity index is 300. The number of anilines is 2. The topological polar surface area (TPSA) is 131 Å². The van der Waals surface area contributed by atoms with Gasteiger partial charge in [0.1, 0.15) is 5.82 Å². The summed E-state index contributed by atoms with van der Waals surface area (Å²) >= 11 is 0. The molecule has 0 spiro atoms. The monoisotopic (exact) mass is 213 g/mol. The third kappa shape index (κ3) is 4.05. The van der Waals surface area contributed by atoms with Crippen molar-refractivity contribution >= 4 is 11.9 Å². The molecule has 0 radical (unpaired) electrons. The van der Waals surface area contributed by atoms with Gasteiger partial charge in [-0.25, -0.2) is 0 Å². The van der Waals surface area contributed by atoms with E-state index in [4.69, 9.17) is 21.7 Å². The molecule has 0 saturated heterocycles. The molecule has 1 aromatic rings. The zero-order chi connectivity index (χ0) is 11.3. The first-order valence-corrected chi connectivity index (χ1v) is 4.66. The number of aliphatic hydroxyl groups is 2. The maximum absolute atomic E-state index is 9.09. The van der Waals surface area contributed by atoms with Gasteiger partial charge in [0, 0.05) is 6.42 Å². The number of nitrogens with zero attached hydrogens (tertiary/aromatic N) is 3. The molecule has 1 rings (SSSR count). The molecule has 15 heavy (non-hydrogen) atoms. The number of nitrogens with two attached hydrogens (primary N) is 2. The first kappa shape index (κ1) is 11.6. The highest BCUT2D eigenvalue weighted by Crippen LogP contribution is 2.05. The van der Waals surface area contributed by atoms with Crippen molar-refractivity contribution in [3.05, 3.63) is 5.82 Å². The maximum Gasteiger partial charge on any atom is 0.225 e. The van der Waals surface area contributed by atoms with E-state index in [0.29, 0.717) is 25.1 Å². The number of hydrogen-bond donors (Lipinski definition) is 4. The summed E-state index contributed by atoms with van der Waals surface area (Å²) in [5, 5.41) is 17.7. The SMILES string of the molecule is Nc1nc(N)nc(CCCC(O)CO)n1. The predicted octanol–water partition coefficient (Wildman–Crippen LogP) is -1.29. The molecule has 0 aliphatic rings. The molecule has 1 aromatic heterocycles. The van der Waals surface area contributed by atoms with Crippen LogP contribution in [0.1, 0.15) is 18.7 Å². The molecule has 0 fully saturated rings. The molecule has 1 atom stereocenters. The molecule has 0 bridgehead atoms. The summed E-state index contributed by atoms with van der Waals surface area (Å²) in [6.07, 6.45) is 1.00. The standard InChI is InChI=1S/C8H15N5O2/c9-7-11-6(12-8(10)13-7)3-1-2-5(15)4-14/h5,14-15H,1-4H2,(H4,9,10,11,12,13). The highest BCUT2D eigenvalue weighted by molar-refractivity contribution is 5.25. The zero-order valence-electron chi connectivity index (χ0n) is 8.30. The molecule has 0 aliphatic carbocycles. The molecule has 0 aliphatic heterocycles. The minimum absolute atomic E-state index is 0.0974. The summed E-state index contributed by atoms with van der Waals surface area (Å²) in [5.74, 6) is 0.700. The summed E-state index contributed by atoms with van der Waals surface area (Å²) in [5.41, 5.74) is 10.8. The van der Waals surface area contributed by atoms with Crippen LogP contribution in [0.5, 0.6) is 0 Å². The Balaban J connectivity index is 2.43. The van der Waals surface area contributed by atoms with Crippen LogP contribution in [-0.2, 0) is 6.42 Å². The molecule has 84 valence electrons. The third-order valence-corrected chi connectivity index (χ3v) is 1.86. The molecular weight excluding hydrogens is 198 g/mol. The van der Waals surface area contributed by atoms with Crippen LogP contribution in [0.4, 0.5) is 11.9 Å². The van der Waals surface area contributed by atoms with Crippen molar-refractivity contribution in [3.63, 3.8) is 0 Å². The van der Waals surface area contributed by atoms with Gasteiger partial charge in [0.2, 0.25) is 11.9 Å². The normalized spacial score (nSPS) is 12.7. The van der Waals surface area contributed by atoms with Gasteiger partial charge in [0.05, 0.1) is 12.7 Å². The number of aromatic nitrogens is 3. The van der Waals surface area contributed by atoms with Gasteiger partial charge in [-0.05, 0) is 12.8 Å². The Hall–Kier alpha value is -1.47. The fourth-order valence-electron chi connectivity index (χ4n) is 1.16. The summed E-state index contributed by atoms with van der Waals surface area (Å²) in [4.78, 5) is 11.4. The van der Waals surface area contributed by atoms with Crippen molar-refractivity contribution in [2.75, 3.05) is 18.1 Å². The summed E-state index contributed by atoms with van der Waals surface area (Å²) in [7, 11) is 0. The van der Waals surface area contributed by atoms with Crippen LogP contribution in [0.25, 0.3) is 0 Å². The Labute approximate surface area is 87.2 Å². The van der Waals surface area contributed by atoms with Gasteiger partial charge in [-0.15, -0.1) is 0 Å². The lowest BCUT2D eigenvalue weighted by Gasteiger charge is -2.06. The van der Waals surface area contributed by atoms with E-state index in [2.05, 4.69) is 15.0 Å². The second kappa shape index (κ2) is 5.42. The second-order valence-electron chi connectivity index (χ2n) is 3.20. The van der Waals surface area contributed by atoms with Crippen LogP contribution in [0.3, 0.4) is 0 Å². The molecule has 7 nitrogen and oxygen atoms in total. The quantitative estimate of drug-likeness (QED) is 0.478. The first-order chi connectivity index (χ1) is 7.11.